The summed E-state index contributed by atoms with van der Waals surface area (Å²) < 4.78 is 5.24. The molecular formula is C11H11ClN4O2. The second-order valence-electron chi connectivity index (χ2n) is 3.82. The fourth-order valence-electron chi connectivity index (χ4n) is 1.72. The van der Waals surface area contributed by atoms with Crippen molar-refractivity contribution in [1.82, 2.24) is 4.98 Å². The van der Waals surface area contributed by atoms with Crippen molar-refractivity contribution in [2.75, 3.05) is 24.6 Å². The largest absolute Gasteiger partial charge is 0.367 e. The van der Waals surface area contributed by atoms with Crippen molar-refractivity contribution in [1.29, 1.82) is 5.26 Å². The Morgan fingerprint density at radius 1 is 1.67 bits per heavy atom. The van der Waals surface area contributed by atoms with Gasteiger partial charge in [-0.2, -0.15) is 5.26 Å². The highest BCUT2D eigenvalue weighted by molar-refractivity contribution is 6.31. The second kappa shape index (κ2) is 5.21. The maximum absolute atomic E-state index is 11.1. The third-order valence-electron chi connectivity index (χ3n) is 2.64. The first-order valence-corrected chi connectivity index (χ1v) is 5.72. The van der Waals surface area contributed by atoms with Crippen LogP contribution in [0.3, 0.4) is 0 Å². The molecule has 0 unspecified atom stereocenters. The van der Waals surface area contributed by atoms with Crippen LogP contribution in [0.4, 0.5) is 5.82 Å². The Labute approximate surface area is 109 Å². The summed E-state index contributed by atoms with van der Waals surface area (Å²) in [7, 11) is 0. The van der Waals surface area contributed by atoms with Crippen LogP contribution in [0.2, 0.25) is 5.02 Å². The number of nitrogens with zero attached hydrogens (tertiary/aromatic N) is 3. The molecule has 0 radical (unpaired) electrons. The lowest BCUT2D eigenvalue weighted by molar-refractivity contribution is -0.130. The van der Waals surface area contributed by atoms with Crippen LogP contribution in [0.15, 0.2) is 12.1 Å². The molecule has 94 valence electrons. The Kier molecular flexibility index (Phi) is 3.65. The minimum absolute atomic E-state index is 0.163. The number of halogens is 1. The second-order valence-corrected chi connectivity index (χ2v) is 4.23. The highest BCUT2D eigenvalue weighted by Crippen LogP contribution is 2.20. The van der Waals surface area contributed by atoms with Crippen molar-refractivity contribution in [3.05, 3.63) is 22.8 Å². The van der Waals surface area contributed by atoms with E-state index in [1.807, 2.05) is 11.0 Å². The zero-order chi connectivity index (χ0) is 13.1. The summed E-state index contributed by atoms with van der Waals surface area (Å²) in [6, 6.07) is 5.23. The van der Waals surface area contributed by atoms with Crippen LogP contribution >= 0.6 is 11.6 Å². The van der Waals surface area contributed by atoms with Gasteiger partial charge >= 0.3 is 0 Å². The molecule has 0 saturated carbocycles. The van der Waals surface area contributed by atoms with Gasteiger partial charge < -0.3 is 15.4 Å². The Balaban J connectivity index is 2.21. The molecule has 2 heterocycles. The number of ether oxygens (including phenoxy) is 1. The first-order valence-electron chi connectivity index (χ1n) is 5.34. The van der Waals surface area contributed by atoms with E-state index in [-0.39, 0.29) is 5.69 Å². The van der Waals surface area contributed by atoms with Crippen LogP contribution in [-0.2, 0) is 9.53 Å². The monoisotopic (exact) mass is 266 g/mol. The van der Waals surface area contributed by atoms with Crippen LogP contribution in [0.1, 0.15) is 5.69 Å². The van der Waals surface area contributed by atoms with Crippen molar-refractivity contribution in [3.63, 3.8) is 0 Å². The van der Waals surface area contributed by atoms with E-state index < -0.39 is 12.0 Å². The number of morpholine rings is 1. The number of nitrogens with two attached hydrogens (primary N) is 1. The van der Waals surface area contributed by atoms with E-state index in [4.69, 9.17) is 27.3 Å². The fourth-order valence-corrected chi connectivity index (χ4v) is 1.86. The minimum Gasteiger partial charge on any atom is -0.367 e. The van der Waals surface area contributed by atoms with Gasteiger partial charge in [0.05, 0.1) is 18.2 Å². The molecule has 1 aromatic rings. The summed E-state index contributed by atoms with van der Waals surface area (Å²) in [6.45, 7) is 1.30. The lowest BCUT2D eigenvalue weighted by Gasteiger charge is -2.32. The highest BCUT2D eigenvalue weighted by atomic mass is 35.5. The van der Waals surface area contributed by atoms with E-state index in [1.54, 1.807) is 12.1 Å². The van der Waals surface area contributed by atoms with Crippen molar-refractivity contribution in [2.45, 2.75) is 6.10 Å². The summed E-state index contributed by atoms with van der Waals surface area (Å²) in [6.07, 6.45) is -0.651. The van der Waals surface area contributed by atoms with Gasteiger partial charge in [0.2, 0.25) is 5.91 Å². The molecule has 0 bridgehead atoms. The molecule has 1 atom stereocenters. The quantitative estimate of drug-likeness (QED) is 0.831. The van der Waals surface area contributed by atoms with Crippen LogP contribution in [0.25, 0.3) is 0 Å². The number of hydrogen-bond acceptors (Lipinski definition) is 5. The van der Waals surface area contributed by atoms with Crippen LogP contribution in [0.5, 0.6) is 0 Å². The topological polar surface area (TPSA) is 92.2 Å². The Hall–Kier alpha value is -1.84. The van der Waals surface area contributed by atoms with E-state index >= 15 is 0 Å². The molecule has 1 aromatic heterocycles. The molecule has 1 aliphatic heterocycles. The molecule has 1 fully saturated rings. The smallest absolute Gasteiger partial charge is 0.248 e. The summed E-state index contributed by atoms with van der Waals surface area (Å²) >= 11 is 5.81. The predicted octanol–water partition coefficient (Wildman–Crippen LogP) is 0.297. The minimum atomic E-state index is -0.651. The molecule has 6 nitrogen and oxygen atoms in total. The number of rotatable bonds is 2. The van der Waals surface area contributed by atoms with Gasteiger partial charge in [-0.15, -0.1) is 0 Å². The number of carbonyl (C=O) groups is 1. The number of amides is 1. The van der Waals surface area contributed by atoms with Crippen molar-refractivity contribution < 1.29 is 9.53 Å². The van der Waals surface area contributed by atoms with Crippen molar-refractivity contribution in [3.8, 4) is 6.07 Å². The average Bonchev–Trinajstić information content (AvgIpc) is 2.39. The van der Waals surface area contributed by atoms with Gasteiger partial charge in [-0.25, -0.2) is 4.98 Å². The molecule has 0 spiro atoms. The molecule has 18 heavy (non-hydrogen) atoms. The first-order chi connectivity index (χ1) is 8.61. The molecule has 2 rings (SSSR count). The molecule has 0 aromatic carbocycles. The highest BCUT2D eigenvalue weighted by Gasteiger charge is 2.25. The Bertz CT molecular complexity index is 514. The zero-order valence-electron chi connectivity index (χ0n) is 9.47. The number of pyridine rings is 1. The first kappa shape index (κ1) is 12.6. The number of carbonyl (C=O) groups excluding carboxylic acids is 1. The fraction of sp³-hybridized carbons (Fsp3) is 0.364. The van der Waals surface area contributed by atoms with Gasteiger partial charge in [0.15, 0.2) is 11.8 Å². The van der Waals surface area contributed by atoms with Crippen molar-refractivity contribution in [2.24, 2.45) is 5.73 Å². The van der Waals surface area contributed by atoms with E-state index in [0.29, 0.717) is 30.5 Å². The van der Waals surface area contributed by atoms with Gasteiger partial charge in [-0.1, -0.05) is 11.6 Å². The van der Waals surface area contributed by atoms with Crippen LogP contribution < -0.4 is 10.6 Å². The summed E-state index contributed by atoms with van der Waals surface area (Å²) in [5, 5.41) is 9.17. The zero-order valence-corrected chi connectivity index (χ0v) is 10.2. The molecular weight excluding hydrogens is 256 g/mol. The standard InChI is InChI=1S/C11H11ClN4O2/c12-7-1-2-10(15-8(7)5-13)16-3-4-18-9(6-16)11(14)17/h1-2,9H,3-4,6H2,(H2,14,17)/t9-/m1/s1. The number of aromatic nitrogens is 1. The third kappa shape index (κ3) is 2.53. The maximum atomic E-state index is 11.1. The molecule has 1 amide bonds. The van der Waals surface area contributed by atoms with Gasteiger partial charge in [0.25, 0.3) is 0 Å². The summed E-state index contributed by atoms with van der Waals surface area (Å²) in [5.74, 6) is 0.0830. The SMILES string of the molecule is N#Cc1nc(N2CCO[C@@H](C(N)=O)C2)ccc1Cl. The summed E-state index contributed by atoms with van der Waals surface area (Å²) in [5.41, 5.74) is 5.37. The number of nitriles is 1. The molecule has 2 N–H and O–H groups in total. The van der Waals surface area contributed by atoms with Gasteiger partial charge in [-0.05, 0) is 12.1 Å². The Morgan fingerprint density at radius 2 is 2.44 bits per heavy atom. The number of primary amides is 1. The van der Waals surface area contributed by atoms with Gasteiger partial charge in [-0.3, -0.25) is 4.79 Å². The molecule has 7 heteroatoms. The molecule has 1 aliphatic rings. The van der Waals surface area contributed by atoms with Gasteiger partial charge in [0, 0.05) is 6.54 Å². The molecule has 0 aliphatic carbocycles. The van der Waals surface area contributed by atoms with Crippen LogP contribution in [0, 0.1) is 11.3 Å². The average molecular weight is 267 g/mol. The number of hydrogen-bond donors (Lipinski definition) is 1. The third-order valence-corrected chi connectivity index (χ3v) is 2.95. The summed E-state index contributed by atoms with van der Waals surface area (Å²) in [4.78, 5) is 17.1. The van der Waals surface area contributed by atoms with Crippen molar-refractivity contribution >= 4 is 23.3 Å². The normalized spacial score (nSPS) is 19.3. The lowest BCUT2D eigenvalue weighted by atomic mass is 10.2. The van der Waals surface area contributed by atoms with E-state index in [1.165, 1.54) is 0 Å². The van der Waals surface area contributed by atoms with E-state index in [9.17, 15) is 4.79 Å². The van der Waals surface area contributed by atoms with Crippen LogP contribution in [-0.4, -0.2) is 36.7 Å². The predicted molar refractivity (Wildman–Crippen MR) is 65.1 cm³/mol. The van der Waals surface area contributed by atoms with E-state index in [2.05, 4.69) is 4.98 Å². The number of anilines is 1. The molecule has 1 saturated heterocycles. The van der Waals surface area contributed by atoms with Gasteiger partial charge in [0.1, 0.15) is 11.9 Å². The maximum Gasteiger partial charge on any atom is 0.248 e. The van der Waals surface area contributed by atoms with E-state index in [0.717, 1.165) is 0 Å². The Morgan fingerprint density at radius 3 is 3.11 bits per heavy atom. The lowest BCUT2D eigenvalue weighted by Crippen LogP contribution is -2.48.